The standard InChI is InChI=1S/C29H34N4O6S/c1-5-38-27-9-7-6-8-26(27)33(40(36,37)25-16-10-22(4)11-17-25)19-28(34)32-30-18-23-12-14-24(15-13-23)39-20-29(35)31-21(2)3/h6-18,21H,5,19-20H2,1-4H3,(H,31,35)(H,32,34)/b30-18-. The minimum atomic E-state index is -4.11. The van der Waals surface area contributed by atoms with Crippen LogP contribution in [-0.4, -0.2) is 52.2 Å². The molecule has 10 nitrogen and oxygen atoms in total. The Morgan fingerprint density at radius 2 is 1.62 bits per heavy atom. The lowest BCUT2D eigenvalue weighted by molar-refractivity contribution is -0.123. The molecule has 3 aromatic rings. The van der Waals surface area contributed by atoms with Gasteiger partial charge in [-0.05, 0) is 81.8 Å². The van der Waals surface area contributed by atoms with E-state index in [1.807, 2.05) is 20.8 Å². The van der Waals surface area contributed by atoms with Crippen LogP contribution in [0.1, 0.15) is 31.9 Å². The number of nitrogens with zero attached hydrogens (tertiary/aromatic N) is 2. The smallest absolute Gasteiger partial charge is 0.264 e. The molecule has 0 radical (unpaired) electrons. The molecule has 40 heavy (non-hydrogen) atoms. The van der Waals surface area contributed by atoms with Gasteiger partial charge in [-0.15, -0.1) is 0 Å². The van der Waals surface area contributed by atoms with Crippen molar-refractivity contribution in [3.8, 4) is 11.5 Å². The number of anilines is 1. The minimum Gasteiger partial charge on any atom is -0.492 e. The van der Waals surface area contributed by atoms with Crippen molar-refractivity contribution < 1.29 is 27.5 Å². The van der Waals surface area contributed by atoms with Gasteiger partial charge in [-0.2, -0.15) is 5.10 Å². The molecule has 2 amide bonds. The van der Waals surface area contributed by atoms with Gasteiger partial charge in [0.05, 0.1) is 23.4 Å². The van der Waals surface area contributed by atoms with Crippen molar-refractivity contribution in [3.05, 3.63) is 83.9 Å². The zero-order valence-electron chi connectivity index (χ0n) is 23.0. The van der Waals surface area contributed by atoms with E-state index in [0.29, 0.717) is 23.7 Å². The van der Waals surface area contributed by atoms with Gasteiger partial charge in [-0.3, -0.25) is 13.9 Å². The largest absolute Gasteiger partial charge is 0.492 e. The van der Waals surface area contributed by atoms with Gasteiger partial charge < -0.3 is 14.8 Å². The molecule has 0 saturated carbocycles. The molecular formula is C29H34N4O6S. The van der Waals surface area contributed by atoms with Crippen molar-refractivity contribution in [3.63, 3.8) is 0 Å². The molecule has 0 fully saturated rings. The highest BCUT2D eigenvalue weighted by Crippen LogP contribution is 2.32. The van der Waals surface area contributed by atoms with Crippen molar-refractivity contribution in [2.24, 2.45) is 5.10 Å². The number of nitrogens with one attached hydrogen (secondary N) is 2. The normalized spacial score (nSPS) is 11.3. The first-order chi connectivity index (χ1) is 19.1. The van der Waals surface area contributed by atoms with Gasteiger partial charge in [0, 0.05) is 6.04 Å². The van der Waals surface area contributed by atoms with E-state index < -0.39 is 22.5 Å². The highest BCUT2D eigenvalue weighted by atomic mass is 32.2. The third-order valence-corrected chi connectivity index (χ3v) is 7.21. The fraction of sp³-hybridized carbons (Fsp3) is 0.276. The zero-order valence-corrected chi connectivity index (χ0v) is 23.8. The summed E-state index contributed by atoms with van der Waals surface area (Å²) in [6.07, 6.45) is 1.42. The Bertz CT molecular complexity index is 1420. The Morgan fingerprint density at radius 1 is 0.950 bits per heavy atom. The number of rotatable bonds is 13. The predicted molar refractivity (Wildman–Crippen MR) is 154 cm³/mol. The van der Waals surface area contributed by atoms with Crippen LogP contribution < -0.4 is 24.5 Å². The summed E-state index contributed by atoms with van der Waals surface area (Å²) in [5, 5.41) is 6.71. The van der Waals surface area contributed by atoms with E-state index in [2.05, 4.69) is 15.8 Å². The minimum absolute atomic E-state index is 0.0270. The average Bonchev–Trinajstić information content (AvgIpc) is 2.92. The molecule has 0 spiro atoms. The van der Waals surface area contributed by atoms with Crippen LogP contribution in [0.5, 0.6) is 11.5 Å². The van der Waals surface area contributed by atoms with E-state index in [9.17, 15) is 18.0 Å². The lowest BCUT2D eigenvalue weighted by Crippen LogP contribution is -2.39. The quantitative estimate of drug-likeness (QED) is 0.240. The lowest BCUT2D eigenvalue weighted by atomic mass is 10.2. The molecule has 0 aliphatic heterocycles. The van der Waals surface area contributed by atoms with Crippen molar-refractivity contribution in [1.29, 1.82) is 0 Å². The molecule has 0 aliphatic carbocycles. The number of benzene rings is 3. The van der Waals surface area contributed by atoms with Crippen LogP contribution in [0.3, 0.4) is 0 Å². The van der Waals surface area contributed by atoms with Gasteiger partial charge in [0.15, 0.2) is 6.61 Å². The topological polar surface area (TPSA) is 126 Å². The zero-order chi connectivity index (χ0) is 29.1. The number of hydrazone groups is 1. The van der Waals surface area contributed by atoms with Crippen LogP contribution in [0.25, 0.3) is 0 Å². The molecule has 3 aromatic carbocycles. The average molecular weight is 567 g/mol. The number of aryl methyl sites for hydroxylation is 1. The number of carbonyl (C=O) groups is 2. The molecular weight excluding hydrogens is 532 g/mol. The number of hydrogen-bond donors (Lipinski definition) is 2. The van der Waals surface area contributed by atoms with E-state index in [1.54, 1.807) is 67.6 Å². The summed E-state index contributed by atoms with van der Waals surface area (Å²) < 4.78 is 39.4. The van der Waals surface area contributed by atoms with Crippen molar-refractivity contribution in [2.75, 3.05) is 24.1 Å². The third kappa shape index (κ3) is 8.57. The Labute approximate surface area is 235 Å². The van der Waals surface area contributed by atoms with Crippen LogP contribution in [0, 0.1) is 6.92 Å². The highest BCUT2D eigenvalue weighted by molar-refractivity contribution is 7.92. The monoisotopic (exact) mass is 566 g/mol. The number of carbonyl (C=O) groups excluding carboxylic acids is 2. The first-order valence-electron chi connectivity index (χ1n) is 12.8. The Kier molecular flexibility index (Phi) is 10.7. The fourth-order valence-electron chi connectivity index (χ4n) is 3.59. The SMILES string of the molecule is CCOc1ccccc1N(CC(=O)N/N=C\c1ccc(OCC(=O)NC(C)C)cc1)S(=O)(=O)c1ccc(C)cc1. The molecule has 0 bridgehead atoms. The van der Waals surface area contributed by atoms with E-state index >= 15 is 0 Å². The second-order valence-corrected chi connectivity index (χ2v) is 11.0. The van der Waals surface area contributed by atoms with E-state index in [-0.39, 0.29) is 29.1 Å². The van der Waals surface area contributed by atoms with Crippen LogP contribution in [0.4, 0.5) is 5.69 Å². The summed E-state index contributed by atoms with van der Waals surface area (Å²) in [6, 6.07) is 19.8. The molecule has 0 heterocycles. The Hall–Kier alpha value is -4.38. The summed E-state index contributed by atoms with van der Waals surface area (Å²) in [5.74, 6) is -0.0222. The molecule has 3 rings (SSSR count). The van der Waals surface area contributed by atoms with E-state index in [1.165, 1.54) is 18.3 Å². The van der Waals surface area contributed by atoms with Gasteiger partial charge in [-0.1, -0.05) is 29.8 Å². The number of ether oxygens (including phenoxy) is 2. The predicted octanol–water partition coefficient (Wildman–Crippen LogP) is 3.64. The van der Waals surface area contributed by atoms with Crippen LogP contribution >= 0.6 is 0 Å². The van der Waals surface area contributed by atoms with Gasteiger partial charge in [0.1, 0.15) is 18.0 Å². The third-order valence-electron chi connectivity index (χ3n) is 5.43. The maximum atomic E-state index is 13.6. The second kappa shape index (κ2) is 14.1. The first kappa shape index (κ1) is 30.2. The molecule has 2 N–H and O–H groups in total. The van der Waals surface area contributed by atoms with Crippen LogP contribution in [-0.2, 0) is 19.6 Å². The molecule has 11 heteroatoms. The fourth-order valence-corrected chi connectivity index (χ4v) is 5.02. The summed E-state index contributed by atoms with van der Waals surface area (Å²) >= 11 is 0. The van der Waals surface area contributed by atoms with Gasteiger partial charge in [0.25, 0.3) is 21.8 Å². The van der Waals surface area contributed by atoms with Gasteiger partial charge in [-0.25, -0.2) is 13.8 Å². The summed E-state index contributed by atoms with van der Waals surface area (Å²) in [4.78, 5) is 24.6. The molecule has 0 atom stereocenters. The Morgan fingerprint density at radius 3 is 2.27 bits per heavy atom. The second-order valence-electron chi connectivity index (χ2n) is 9.10. The number of hydrogen-bond acceptors (Lipinski definition) is 7. The summed E-state index contributed by atoms with van der Waals surface area (Å²) in [7, 11) is -4.11. The number of para-hydroxylation sites is 2. The van der Waals surface area contributed by atoms with Crippen LogP contribution in [0.15, 0.2) is 82.8 Å². The summed E-state index contributed by atoms with van der Waals surface area (Å²) in [5.41, 5.74) is 4.19. The highest BCUT2D eigenvalue weighted by Gasteiger charge is 2.29. The molecule has 0 unspecified atom stereocenters. The maximum Gasteiger partial charge on any atom is 0.264 e. The molecule has 0 aromatic heterocycles. The molecule has 212 valence electrons. The lowest BCUT2D eigenvalue weighted by Gasteiger charge is -2.25. The number of sulfonamides is 1. The van der Waals surface area contributed by atoms with Gasteiger partial charge in [0.2, 0.25) is 0 Å². The van der Waals surface area contributed by atoms with Crippen LogP contribution in [0.2, 0.25) is 0 Å². The van der Waals surface area contributed by atoms with Crippen molar-refractivity contribution >= 4 is 33.7 Å². The van der Waals surface area contributed by atoms with E-state index in [4.69, 9.17) is 9.47 Å². The van der Waals surface area contributed by atoms with Gasteiger partial charge >= 0.3 is 0 Å². The Balaban J connectivity index is 1.72. The first-order valence-corrected chi connectivity index (χ1v) is 14.2. The maximum absolute atomic E-state index is 13.6. The molecule has 0 aliphatic rings. The van der Waals surface area contributed by atoms with Crippen molar-refractivity contribution in [2.45, 2.75) is 38.6 Å². The molecule has 0 saturated heterocycles. The number of amides is 2. The summed E-state index contributed by atoms with van der Waals surface area (Å²) in [6.45, 7) is 7.08. The van der Waals surface area contributed by atoms with E-state index in [0.717, 1.165) is 9.87 Å². The van der Waals surface area contributed by atoms with Crippen molar-refractivity contribution in [1.82, 2.24) is 10.7 Å².